The van der Waals surface area contributed by atoms with Gasteiger partial charge in [-0.3, -0.25) is 9.69 Å². The number of rotatable bonds is 5. The third-order valence-corrected chi connectivity index (χ3v) is 5.00. The maximum atomic E-state index is 12.8. The molecule has 1 aliphatic rings. The molecule has 128 valence electrons. The standard InChI is InChI=1S/C20H27N3O/c1-3-22(4-2)20(24)19-12-18(21)14-23(19)13-15-9-10-16-7-5-6-8-17(16)11-15/h5-11,18-19H,3-4,12-14,21H2,1-2H3/t18-,19-/m0/s1. The summed E-state index contributed by atoms with van der Waals surface area (Å²) in [5.74, 6) is 0.216. The van der Waals surface area contributed by atoms with E-state index in [1.165, 1.54) is 16.3 Å². The van der Waals surface area contributed by atoms with Crippen molar-refractivity contribution < 1.29 is 4.79 Å². The predicted molar refractivity (Wildman–Crippen MR) is 98.7 cm³/mol. The molecular weight excluding hydrogens is 298 g/mol. The molecule has 2 aromatic carbocycles. The number of nitrogens with zero attached hydrogens (tertiary/aromatic N) is 2. The van der Waals surface area contributed by atoms with Crippen molar-refractivity contribution in [3.05, 3.63) is 48.0 Å². The van der Waals surface area contributed by atoms with Gasteiger partial charge >= 0.3 is 0 Å². The fraction of sp³-hybridized carbons (Fsp3) is 0.450. The molecular formula is C20H27N3O. The highest BCUT2D eigenvalue weighted by Crippen LogP contribution is 2.23. The summed E-state index contributed by atoms with van der Waals surface area (Å²) in [6.07, 6.45) is 0.753. The summed E-state index contributed by atoms with van der Waals surface area (Å²) in [5, 5.41) is 2.49. The number of likely N-dealkylation sites (N-methyl/N-ethyl adjacent to an activating group) is 1. The highest BCUT2D eigenvalue weighted by Gasteiger charge is 2.36. The molecule has 24 heavy (non-hydrogen) atoms. The predicted octanol–water partition coefficient (Wildman–Crippen LogP) is 2.61. The zero-order valence-electron chi connectivity index (χ0n) is 14.6. The summed E-state index contributed by atoms with van der Waals surface area (Å²) in [6.45, 7) is 7.13. The van der Waals surface area contributed by atoms with Crippen LogP contribution in [-0.2, 0) is 11.3 Å². The lowest BCUT2D eigenvalue weighted by molar-refractivity contribution is -0.135. The lowest BCUT2D eigenvalue weighted by atomic mass is 10.1. The zero-order chi connectivity index (χ0) is 17.1. The smallest absolute Gasteiger partial charge is 0.239 e. The van der Waals surface area contributed by atoms with Gasteiger partial charge in [-0.15, -0.1) is 0 Å². The highest BCUT2D eigenvalue weighted by atomic mass is 16.2. The van der Waals surface area contributed by atoms with Gasteiger partial charge in [-0.1, -0.05) is 36.4 Å². The van der Waals surface area contributed by atoms with Crippen LogP contribution in [0, 0.1) is 0 Å². The maximum absolute atomic E-state index is 12.8. The van der Waals surface area contributed by atoms with Crippen LogP contribution >= 0.6 is 0 Å². The molecule has 1 amide bonds. The van der Waals surface area contributed by atoms with Gasteiger partial charge < -0.3 is 10.6 Å². The van der Waals surface area contributed by atoms with E-state index in [0.717, 1.165) is 32.6 Å². The molecule has 0 aromatic heterocycles. The molecule has 0 saturated carbocycles. The van der Waals surface area contributed by atoms with Crippen LogP contribution in [0.4, 0.5) is 0 Å². The van der Waals surface area contributed by atoms with E-state index >= 15 is 0 Å². The first-order valence-corrected chi connectivity index (χ1v) is 8.88. The van der Waals surface area contributed by atoms with Crippen LogP contribution in [0.25, 0.3) is 10.8 Å². The Balaban J connectivity index is 1.79. The quantitative estimate of drug-likeness (QED) is 0.919. The number of carbonyl (C=O) groups is 1. The van der Waals surface area contributed by atoms with Crippen molar-refractivity contribution in [2.75, 3.05) is 19.6 Å². The van der Waals surface area contributed by atoms with Crippen molar-refractivity contribution in [1.82, 2.24) is 9.80 Å². The number of carbonyl (C=O) groups excluding carboxylic acids is 1. The van der Waals surface area contributed by atoms with Crippen LogP contribution in [0.1, 0.15) is 25.8 Å². The summed E-state index contributed by atoms with van der Waals surface area (Å²) in [7, 11) is 0. The molecule has 0 aliphatic carbocycles. The first-order valence-electron chi connectivity index (χ1n) is 8.88. The van der Waals surface area contributed by atoms with Crippen molar-refractivity contribution >= 4 is 16.7 Å². The summed E-state index contributed by atoms with van der Waals surface area (Å²) in [4.78, 5) is 17.0. The van der Waals surface area contributed by atoms with E-state index in [0.29, 0.717) is 0 Å². The van der Waals surface area contributed by atoms with Crippen molar-refractivity contribution in [3.63, 3.8) is 0 Å². The van der Waals surface area contributed by atoms with Crippen LogP contribution < -0.4 is 5.73 Å². The van der Waals surface area contributed by atoms with Crippen molar-refractivity contribution in [2.24, 2.45) is 5.73 Å². The molecule has 1 heterocycles. The Hall–Kier alpha value is -1.91. The molecule has 1 saturated heterocycles. The minimum absolute atomic E-state index is 0.0787. The number of nitrogens with two attached hydrogens (primary N) is 1. The Bertz CT molecular complexity index is 711. The van der Waals surface area contributed by atoms with E-state index < -0.39 is 0 Å². The molecule has 0 bridgehead atoms. The third kappa shape index (κ3) is 3.45. The molecule has 1 fully saturated rings. The number of hydrogen-bond acceptors (Lipinski definition) is 3. The number of hydrogen-bond donors (Lipinski definition) is 1. The van der Waals surface area contributed by atoms with Crippen molar-refractivity contribution in [2.45, 2.75) is 38.9 Å². The van der Waals surface area contributed by atoms with E-state index in [4.69, 9.17) is 5.73 Å². The summed E-state index contributed by atoms with van der Waals surface area (Å²) in [6, 6.07) is 14.9. The van der Waals surface area contributed by atoms with E-state index in [9.17, 15) is 4.79 Å². The van der Waals surface area contributed by atoms with Crippen LogP contribution in [-0.4, -0.2) is 47.4 Å². The van der Waals surface area contributed by atoms with Crippen LogP contribution in [0.3, 0.4) is 0 Å². The first kappa shape index (κ1) is 16.9. The fourth-order valence-electron chi connectivity index (χ4n) is 3.69. The van der Waals surface area contributed by atoms with Crippen LogP contribution in [0.2, 0.25) is 0 Å². The summed E-state index contributed by atoms with van der Waals surface area (Å²) >= 11 is 0. The normalized spacial score (nSPS) is 21.3. The largest absolute Gasteiger partial charge is 0.342 e. The van der Waals surface area contributed by atoms with Crippen molar-refractivity contribution in [1.29, 1.82) is 0 Å². The monoisotopic (exact) mass is 325 g/mol. The molecule has 2 atom stereocenters. The average molecular weight is 325 g/mol. The van der Waals surface area contributed by atoms with Gasteiger partial charge in [0.15, 0.2) is 0 Å². The third-order valence-electron chi connectivity index (χ3n) is 5.00. The Kier molecular flexibility index (Phi) is 5.17. The van der Waals surface area contributed by atoms with Gasteiger partial charge in [0.1, 0.15) is 0 Å². The van der Waals surface area contributed by atoms with Gasteiger partial charge in [-0.05, 0) is 42.7 Å². The van der Waals surface area contributed by atoms with E-state index in [-0.39, 0.29) is 18.0 Å². The van der Waals surface area contributed by atoms with Crippen molar-refractivity contribution in [3.8, 4) is 0 Å². The Morgan fingerprint density at radius 3 is 2.58 bits per heavy atom. The van der Waals surface area contributed by atoms with Crippen LogP contribution in [0.5, 0.6) is 0 Å². The molecule has 0 radical (unpaired) electrons. The fourth-order valence-corrected chi connectivity index (χ4v) is 3.69. The van der Waals surface area contributed by atoms with E-state index in [1.807, 2.05) is 18.7 Å². The SMILES string of the molecule is CCN(CC)C(=O)[C@@H]1C[C@H](N)CN1Cc1ccc2ccccc2c1. The Labute approximate surface area is 144 Å². The molecule has 0 unspecified atom stereocenters. The van der Waals surface area contributed by atoms with Gasteiger partial charge in [0.05, 0.1) is 6.04 Å². The molecule has 1 aliphatic heterocycles. The van der Waals surface area contributed by atoms with E-state index in [2.05, 4.69) is 47.4 Å². The molecule has 0 spiro atoms. The second kappa shape index (κ2) is 7.32. The average Bonchev–Trinajstić information content (AvgIpc) is 2.96. The highest BCUT2D eigenvalue weighted by molar-refractivity contribution is 5.83. The minimum Gasteiger partial charge on any atom is -0.342 e. The lowest BCUT2D eigenvalue weighted by Gasteiger charge is -2.28. The van der Waals surface area contributed by atoms with Gasteiger partial charge in [-0.25, -0.2) is 0 Å². The van der Waals surface area contributed by atoms with E-state index in [1.54, 1.807) is 0 Å². The summed E-state index contributed by atoms with van der Waals surface area (Å²) < 4.78 is 0. The zero-order valence-corrected chi connectivity index (χ0v) is 14.6. The Morgan fingerprint density at radius 1 is 1.17 bits per heavy atom. The second-order valence-corrected chi connectivity index (χ2v) is 6.63. The summed E-state index contributed by atoms with van der Waals surface area (Å²) in [5.41, 5.74) is 7.40. The molecule has 4 nitrogen and oxygen atoms in total. The maximum Gasteiger partial charge on any atom is 0.239 e. The van der Waals surface area contributed by atoms with Crippen LogP contribution in [0.15, 0.2) is 42.5 Å². The topological polar surface area (TPSA) is 49.6 Å². The molecule has 2 aromatic rings. The number of fused-ring (bicyclic) bond motifs is 1. The lowest BCUT2D eigenvalue weighted by Crippen LogP contribution is -2.45. The van der Waals surface area contributed by atoms with Gasteiger partial charge in [-0.2, -0.15) is 0 Å². The molecule has 3 rings (SSSR count). The second-order valence-electron chi connectivity index (χ2n) is 6.63. The Morgan fingerprint density at radius 2 is 1.88 bits per heavy atom. The van der Waals surface area contributed by atoms with Gasteiger partial charge in [0, 0.05) is 32.2 Å². The number of benzene rings is 2. The molecule has 4 heteroatoms. The number of amides is 1. The molecule has 2 N–H and O–H groups in total. The number of likely N-dealkylation sites (tertiary alicyclic amines) is 1. The van der Waals surface area contributed by atoms with Gasteiger partial charge in [0.2, 0.25) is 5.91 Å². The van der Waals surface area contributed by atoms with Gasteiger partial charge in [0.25, 0.3) is 0 Å². The first-order chi connectivity index (χ1) is 11.6. The minimum atomic E-state index is -0.0913.